The molecule has 1 aliphatic carbocycles. The van der Waals surface area contributed by atoms with Gasteiger partial charge in [0.15, 0.2) is 0 Å². The summed E-state index contributed by atoms with van der Waals surface area (Å²) in [5.41, 5.74) is 8.29. The van der Waals surface area contributed by atoms with Gasteiger partial charge in [0.05, 0.1) is 0 Å². The van der Waals surface area contributed by atoms with Gasteiger partial charge in [-0.15, -0.1) is 0 Å². The zero-order valence-corrected chi connectivity index (χ0v) is 11.8. The minimum Gasteiger partial charge on any atom is -0.398 e. The Morgan fingerprint density at radius 2 is 2.21 bits per heavy atom. The number of benzene rings is 1. The molecule has 4 heteroatoms. The largest absolute Gasteiger partial charge is 0.398 e. The number of rotatable bonds is 5. The van der Waals surface area contributed by atoms with Gasteiger partial charge in [0.25, 0.3) is 0 Å². The zero-order chi connectivity index (χ0) is 13.8. The van der Waals surface area contributed by atoms with Crippen molar-refractivity contribution in [3.8, 4) is 0 Å². The molecule has 0 aromatic heterocycles. The highest BCUT2D eigenvalue weighted by molar-refractivity contribution is 5.92. The topological polar surface area (TPSA) is 58.4 Å². The highest BCUT2D eigenvalue weighted by Crippen LogP contribution is 2.24. The summed E-state index contributed by atoms with van der Waals surface area (Å²) >= 11 is 0. The van der Waals surface area contributed by atoms with Gasteiger partial charge in [0, 0.05) is 30.4 Å². The van der Waals surface area contributed by atoms with Crippen LogP contribution < -0.4 is 11.1 Å². The highest BCUT2D eigenvalue weighted by Gasteiger charge is 2.22. The van der Waals surface area contributed by atoms with E-state index in [-0.39, 0.29) is 5.91 Å². The van der Waals surface area contributed by atoms with Crippen molar-refractivity contribution in [3.63, 3.8) is 0 Å². The molecule has 1 aromatic rings. The fourth-order valence-corrected chi connectivity index (χ4v) is 2.29. The first-order chi connectivity index (χ1) is 9.08. The number of carbonyl (C=O) groups is 1. The van der Waals surface area contributed by atoms with Crippen molar-refractivity contribution in [2.75, 3.05) is 24.6 Å². The summed E-state index contributed by atoms with van der Waals surface area (Å²) in [5.74, 6) is 0.0554. The van der Waals surface area contributed by atoms with Gasteiger partial charge in [-0.1, -0.05) is 12.5 Å². The first kappa shape index (κ1) is 13.9. The second-order valence-corrected chi connectivity index (χ2v) is 5.38. The van der Waals surface area contributed by atoms with E-state index < -0.39 is 0 Å². The number of carbonyl (C=O) groups excluding carboxylic acids is 1. The Hall–Kier alpha value is -1.55. The van der Waals surface area contributed by atoms with Crippen LogP contribution in [0.25, 0.3) is 0 Å². The lowest BCUT2D eigenvalue weighted by molar-refractivity contribution is -0.116. The van der Waals surface area contributed by atoms with Crippen molar-refractivity contribution >= 4 is 17.3 Å². The Morgan fingerprint density at radius 1 is 1.47 bits per heavy atom. The third-order valence-electron chi connectivity index (χ3n) is 4.04. The van der Waals surface area contributed by atoms with Gasteiger partial charge in [0.2, 0.25) is 5.91 Å². The van der Waals surface area contributed by atoms with E-state index in [1.54, 1.807) is 0 Å². The van der Waals surface area contributed by atoms with Crippen molar-refractivity contribution in [2.45, 2.75) is 38.6 Å². The number of nitrogens with one attached hydrogen (secondary N) is 1. The van der Waals surface area contributed by atoms with Crippen LogP contribution in [0.1, 0.15) is 31.2 Å². The van der Waals surface area contributed by atoms with E-state index >= 15 is 0 Å². The summed E-state index contributed by atoms with van der Waals surface area (Å²) in [6.45, 7) is 2.74. The van der Waals surface area contributed by atoms with Crippen molar-refractivity contribution in [1.29, 1.82) is 0 Å². The van der Waals surface area contributed by atoms with E-state index in [1.807, 2.05) is 25.1 Å². The van der Waals surface area contributed by atoms with E-state index in [9.17, 15) is 4.79 Å². The maximum Gasteiger partial charge on any atom is 0.225 e. The minimum absolute atomic E-state index is 0.0554. The van der Waals surface area contributed by atoms with Crippen molar-refractivity contribution in [2.24, 2.45) is 0 Å². The van der Waals surface area contributed by atoms with Crippen LogP contribution in [-0.2, 0) is 4.79 Å². The van der Waals surface area contributed by atoms with E-state index in [4.69, 9.17) is 5.73 Å². The van der Waals surface area contributed by atoms with Gasteiger partial charge in [-0.3, -0.25) is 4.79 Å². The molecule has 1 saturated carbocycles. The lowest BCUT2D eigenvalue weighted by Gasteiger charge is -2.34. The van der Waals surface area contributed by atoms with Gasteiger partial charge in [-0.2, -0.15) is 0 Å². The molecule has 0 heterocycles. The van der Waals surface area contributed by atoms with Crippen LogP contribution in [0, 0.1) is 6.92 Å². The Kier molecular flexibility index (Phi) is 4.43. The first-order valence-electron chi connectivity index (χ1n) is 6.93. The average Bonchev–Trinajstić information content (AvgIpc) is 2.30. The van der Waals surface area contributed by atoms with Crippen LogP contribution in [0.3, 0.4) is 0 Å². The zero-order valence-electron chi connectivity index (χ0n) is 11.8. The van der Waals surface area contributed by atoms with Crippen LogP contribution >= 0.6 is 0 Å². The molecule has 104 valence electrons. The van der Waals surface area contributed by atoms with Crippen LogP contribution in [0.2, 0.25) is 0 Å². The van der Waals surface area contributed by atoms with Crippen molar-refractivity contribution in [3.05, 3.63) is 23.8 Å². The summed E-state index contributed by atoms with van der Waals surface area (Å²) in [4.78, 5) is 14.2. The Labute approximate surface area is 115 Å². The van der Waals surface area contributed by atoms with Gasteiger partial charge in [-0.25, -0.2) is 0 Å². The molecular weight excluding hydrogens is 238 g/mol. The number of nitrogen functional groups attached to an aromatic ring is 1. The lowest BCUT2D eigenvalue weighted by atomic mass is 9.92. The van der Waals surface area contributed by atoms with Crippen LogP contribution in [0.4, 0.5) is 11.4 Å². The van der Waals surface area contributed by atoms with Gasteiger partial charge in [-0.05, 0) is 44.5 Å². The van der Waals surface area contributed by atoms with Crippen LogP contribution in [-0.4, -0.2) is 30.4 Å². The molecule has 1 aromatic carbocycles. The third-order valence-corrected chi connectivity index (χ3v) is 4.04. The Bertz CT molecular complexity index is 455. The monoisotopic (exact) mass is 261 g/mol. The summed E-state index contributed by atoms with van der Waals surface area (Å²) in [6, 6.07) is 6.27. The quantitative estimate of drug-likeness (QED) is 0.800. The fourth-order valence-electron chi connectivity index (χ4n) is 2.29. The molecule has 0 atom stereocenters. The van der Waals surface area contributed by atoms with E-state index in [2.05, 4.69) is 17.3 Å². The molecule has 4 nitrogen and oxygen atoms in total. The number of amides is 1. The lowest BCUT2D eigenvalue weighted by Crippen LogP contribution is -2.38. The smallest absolute Gasteiger partial charge is 0.225 e. The van der Waals surface area contributed by atoms with Crippen molar-refractivity contribution in [1.82, 2.24) is 4.90 Å². The van der Waals surface area contributed by atoms with Gasteiger partial charge in [0.1, 0.15) is 0 Å². The van der Waals surface area contributed by atoms with E-state index in [1.165, 1.54) is 19.3 Å². The molecule has 0 unspecified atom stereocenters. The predicted molar refractivity (Wildman–Crippen MR) is 79.1 cm³/mol. The number of nitrogens with zero attached hydrogens (tertiary/aromatic N) is 1. The SMILES string of the molecule is Cc1c(N)cccc1NC(=O)CCN(C)C1CCC1. The molecule has 1 amide bonds. The molecule has 0 aliphatic heterocycles. The molecule has 3 N–H and O–H groups in total. The standard InChI is InChI=1S/C15H23N3O/c1-11-13(16)7-4-8-14(11)17-15(19)9-10-18(2)12-5-3-6-12/h4,7-8,12H,3,5-6,9-10,16H2,1-2H3,(H,17,19). The third kappa shape index (κ3) is 3.47. The predicted octanol–water partition coefficient (Wildman–Crippen LogP) is 2.39. The van der Waals surface area contributed by atoms with Crippen LogP contribution in [0.15, 0.2) is 18.2 Å². The van der Waals surface area contributed by atoms with E-state index in [0.29, 0.717) is 18.2 Å². The van der Waals surface area contributed by atoms with Gasteiger partial charge < -0.3 is 16.0 Å². The maximum atomic E-state index is 11.9. The molecule has 0 spiro atoms. The summed E-state index contributed by atoms with van der Waals surface area (Å²) < 4.78 is 0. The average molecular weight is 261 g/mol. The highest BCUT2D eigenvalue weighted by atomic mass is 16.1. The molecule has 0 bridgehead atoms. The number of nitrogens with two attached hydrogens (primary N) is 1. The minimum atomic E-state index is 0.0554. The number of hydrogen-bond acceptors (Lipinski definition) is 3. The second-order valence-electron chi connectivity index (χ2n) is 5.38. The Morgan fingerprint density at radius 3 is 2.84 bits per heavy atom. The number of anilines is 2. The second kappa shape index (κ2) is 6.06. The number of hydrogen-bond donors (Lipinski definition) is 2. The molecule has 1 aliphatic rings. The summed E-state index contributed by atoms with van der Waals surface area (Å²) in [6.07, 6.45) is 4.39. The van der Waals surface area contributed by atoms with Crippen LogP contribution in [0.5, 0.6) is 0 Å². The maximum absolute atomic E-state index is 11.9. The molecule has 1 fully saturated rings. The van der Waals surface area contributed by atoms with Gasteiger partial charge >= 0.3 is 0 Å². The molecule has 2 rings (SSSR count). The molecule has 19 heavy (non-hydrogen) atoms. The molecular formula is C15H23N3O. The first-order valence-corrected chi connectivity index (χ1v) is 6.93. The van der Waals surface area contributed by atoms with E-state index in [0.717, 1.165) is 17.8 Å². The summed E-state index contributed by atoms with van der Waals surface area (Å²) in [5, 5.41) is 2.94. The molecule has 0 radical (unpaired) electrons. The molecule has 0 saturated heterocycles. The van der Waals surface area contributed by atoms with Crippen molar-refractivity contribution < 1.29 is 4.79 Å². The fraction of sp³-hybridized carbons (Fsp3) is 0.533. The summed E-state index contributed by atoms with van der Waals surface area (Å²) in [7, 11) is 2.10. The Balaban J connectivity index is 1.82. The normalized spacial score (nSPS) is 15.3.